The van der Waals surface area contributed by atoms with E-state index in [0.29, 0.717) is 11.3 Å². The lowest BCUT2D eigenvalue weighted by molar-refractivity contribution is -0.142. The SMILES string of the molecule is C=C(CS)CN1C(=O)C(=O)N(C)C1=O. The molecule has 1 fully saturated rings. The molecule has 1 saturated heterocycles. The Morgan fingerprint density at radius 3 is 2.29 bits per heavy atom. The van der Waals surface area contributed by atoms with Gasteiger partial charge in [0.05, 0.1) is 6.54 Å². The highest BCUT2D eigenvalue weighted by Gasteiger charge is 2.41. The molecule has 0 spiro atoms. The molecule has 0 radical (unpaired) electrons. The summed E-state index contributed by atoms with van der Waals surface area (Å²) in [5.41, 5.74) is 0.609. The minimum Gasteiger partial charge on any atom is -0.263 e. The maximum atomic E-state index is 11.3. The third-order valence-electron chi connectivity index (χ3n) is 1.86. The van der Waals surface area contributed by atoms with E-state index in [-0.39, 0.29) is 6.54 Å². The highest BCUT2D eigenvalue weighted by atomic mass is 32.1. The van der Waals surface area contributed by atoms with Crippen LogP contribution in [-0.2, 0) is 9.59 Å². The van der Waals surface area contributed by atoms with Crippen molar-refractivity contribution in [2.75, 3.05) is 19.3 Å². The molecule has 1 aliphatic heterocycles. The van der Waals surface area contributed by atoms with Crippen molar-refractivity contribution in [3.8, 4) is 0 Å². The molecule has 0 N–H and O–H groups in total. The minimum atomic E-state index is -0.805. The quantitative estimate of drug-likeness (QED) is 0.309. The first kappa shape index (κ1) is 10.8. The topological polar surface area (TPSA) is 57.7 Å². The molecular formula is C8H10N2O3S. The van der Waals surface area contributed by atoms with Crippen LogP contribution in [0.4, 0.5) is 4.79 Å². The third kappa shape index (κ3) is 1.65. The van der Waals surface area contributed by atoms with Gasteiger partial charge in [0.1, 0.15) is 0 Å². The second-order valence-electron chi connectivity index (χ2n) is 2.95. The first-order chi connectivity index (χ1) is 6.49. The van der Waals surface area contributed by atoms with Crippen molar-refractivity contribution in [1.29, 1.82) is 0 Å². The molecule has 0 bridgehead atoms. The van der Waals surface area contributed by atoms with Crippen molar-refractivity contribution in [3.05, 3.63) is 12.2 Å². The van der Waals surface area contributed by atoms with E-state index in [1.165, 1.54) is 7.05 Å². The molecule has 4 amide bonds. The predicted octanol–water partition coefficient (Wildman–Crippen LogP) is -0.107. The number of imide groups is 2. The second kappa shape index (κ2) is 3.83. The van der Waals surface area contributed by atoms with Crippen molar-refractivity contribution >= 4 is 30.5 Å². The summed E-state index contributed by atoms with van der Waals surface area (Å²) in [6, 6.07) is -0.608. The molecule has 6 heteroatoms. The molecule has 1 rings (SSSR count). The van der Waals surface area contributed by atoms with E-state index in [1.54, 1.807) is 0 Å². The normalized spacial score (nSPS) is 16.9. The molecule has 0 aliphatic carbocycles. The molecule has 0 aromatic heterocycles. The number of nitrogens with zero attached hydrogens (tertiary/aromatic N) is 2. The van der Waals surface area contributed by atoms with Gasteiger partial charge in [-0.25, -0.2) is 4.79 Å². The molecule has 0 aromatic rings. The van der Waals surface area contributed by atoms with Crippen LogP contribution in [0, 0.1) is 0 Å². The van der Waals surface area contributed by atoms with E-state index < -0.39 is 17.8 Å². The van der Waals surface area contributed by atoms with Crippen LogP contribution in [0.3, 0.4) is 0 Å². The number of amides is 4. The molecule has 0 aromatic carbocycles. The summed E-state index contributed by atoms with van der Waals surface area (Å²) in [5.74, 6) is -1.24. The Kier molecular flexibility index (Phi) is 2.95. The number of carbonyl (C=O) groups is 3. The van der Waals surface area contributed by atoms with Gasteiger partial charge in [-0.15, -0.1) is 0 Å². The summed E-state index contributed by atoms with van der Waals surface area (Å²) >= 11 is 3.95. The highest BCUT2D eigenvalue weighted by Crippen LogP contribution is 2.11. The first-order valence-electron chi connectivity index (χ1n) is 3.90. The summed E-state index contributed by atoms with van der Waals surface area (Å²) < 4.78 is 0. The van der Waals surface area contributed by atoms with E-state index in [0.717, 1.165) is 9.80 Å². The molecule has 76 valence electrons. The van der Waals surface area contributed by atoms with E-state index in [2.05, 4.69) is 19.2 Å². The summed E-state index contributed by atoms with van der Waals surface area (Å²) in [5, 5.41) is 0. The first-order valence-corrected chi connectivity index (χ1v) is 4.53. The average molecular weight is 214 g/mol. The lowest BCUT2D eigenvalue weighted by Gasteiger charge is -2.12. The number of urea groups is 1. The molecule has 0 unspecified atom stereocenters. The van der Waals surface area contributed by atoms with Crippen molar-refractivity contribution in [1.82, 2.24) is 9.80 Å². The van der Waals surface area contributed by atoms with Crippen LogP contribution in [0.5, 0.6) is 0 Å². The fraction of sp³-hybridized carbons (Fsp3) is 0.375. The van der Waals surface area contributed by atoms with Crippen LogP contribution in [-0.4, -0.2) is 47.0 Å². The van der Waals surface area contributed by atoms with Crippen LogP contribution >= 0.6 is 12.6 Å². The van der Waals surface area contributed by atoms with Gasteiger partial charge in [0.2, 0.25) is 0 Å². The Morgan fingerprint density at radius 2 is 1.93 bits per heavy atom. The van der Waals surface area contributed by atoms with E-state index in [9.17, 15) is 14.4 Å². The Hall–Kier alpha value is -1.30. The summed E-state index contributed by atoms with van der Waals surface area (Å²) in [6.45, 7) is 3.66. The molecule has 0 atom stereocenters. The maximum absolute atomic E-state index is 11.3. The standard InChI is InChI=1S/C8H10N2O3S/c1-5(4-14)3-10-7(12)6(11)9(2)8(10)13/h14H,1,3-4H2,2H3. The lowest BCUT2D eigenvalue weighted by Crippen LogP contribution is -2.33. The van der Waals surface area contributed by atoms with Gasteiger partial charge < -0.3 is 0 Å². The van der Waals surface area contributed by atoms with E-state index in [4.69, 9.17) is 0 Å². The summed E-state index contributed by atoms with van der Waals surface area (Å²) in [4.78, 5) is 35.3. The van der Waals surface area contributed by atoms with Gasteiger partial charge in [0, 0.05) is 12.8 Å². The summed E-state index contributed by atoms with van der Waals surface area (Å²) in [7, 11) is 1.27. The van der Waals surface area contributed by atoms with Crippen molar-refractivity contribution in [3.63, 3.8) is 0 Å². The van der Waals surface area contributed by atoms with Crippen molar-refractivity contribution in [2.24, 2.45) is 0 Å². The van der Waals surface area contributed by atoms with Crippen LogP contribution in [0.1, 0.15) is 0 Å². The van der Waals surface area contributed by atoms with Crippen molar-refractivity contribution < 1.29 is 14.4 Å². The zero-order valence-electron chi connectivity index (χ0n) is 7.69. The van der Waals surface area contributed by atoms with Gasteiger partial charge in [0.15, 0.2) is 0 Å². The van der Waals surface area contributed by atoms with Gasteiger partial charge in [-0.05, 0) is 5.57 Å². The number of thiol groups is 1. The number of carbonyl (C=O) groups excluding carboxylic acids is 3. The van der Waals surface area contributed by atoms with Crippen LogP contribution in [0.25, 0.3) is 0 Å². The number of hydrogen-bond donors (Lipinski definition) is 1. The number of rotatable bonds is 3. The zero-order chi connectivity index (χ0) is 10.9. The molecular weight excluding hydrogens is 204 g/mol. The molecule has 1 heterocycles. The van der Waals surface area contributed by atoms with Crippen molar-refractivity contribution in [2.45, 2.75) is 0 Å². The Labute approximate surface area is 86.8 Å². The smallest absolute Gasteiger partial charge is 0.263 e. The number of likely N-dealkylation sites (N-methyl/N-ethyl adjacent to an activating group) is 1. The third-order valence-corrected chi connectivity index (χ3v) is 2.30. The Balaban J connectivity index is 2.80. The average Bonchev–Trinajstić information content (AvgIpc) is 2.35. The zero-order valence-corrected chi connectivity index (χ0v) is 8.58. The van der Waals surface area contributed by atoms with Gasteiger partial charge >= 0.3 is 17.8 Å². The van der Waals surface area contributed by atoms with Gasteiger partial charge in [-0.3, -0.25) is 19.4 Å². The second-order valence-corrected chi connectivity index (χ2v) is 3.26. The molecule has 5 nitrogen and oxygen atoms in total. The van der Waals surface area contributed by atoms with Gasteiger partial charge in [-0.1, -0.05) is 6.58 Å². The van der Waals surface area contributed by atoms with Gasteiger partial charge in [-0.2, -0.15) is 12.6 Å². The predicted molar refractivity (Wildman–Crippen MR) is 52.9 cm³/mol. The van der Waals surface area contributed by atoms with Gasteiger partial charge in [0.25, 0.3) is 0 Å². The van der Waals surface area contributed by atoms with Crippen LogP contribution in [0.15, 0.2) is 12.2 Å². The fourth-order valence-electron chi connectivity index (χ4n) is 1.03. The molecule has 14 heavy (non-hydrogen) atoms. The van der Waals surface area contributed by atoms with E-state index in [1.807, 2.05) is 0 Å². The highest BCUT2D eigenvalue weighted by molar-refractivity contribution is 7.80. The Morgan fingerprint density at radius 1 is 1.36 bits per heavy atom. The largest absolute Gasteiger partial charge is 0.334 e. The number of hydrogen-bond acceptors (Lipinski definition) is 4. The fourth-order valence-corrected chi connectivity index (χ4v) is 1.13. The van der Waals surface area contributed by atoms with E-state index >= 15 is 0 Å². The van der Waals surface area contributed by atoms with Crippen LogP contribution in [0.2, 0.25) is 0 Å². The monoisotopic (exact) mass is 214 g/mol. The lowest BCUT2D eigenvalue weighted by atomic mass is 10.3. The molecule has 0 saturated carbocycles. The molecule has 1 aliphatic rings. The summed E-state index contributed by atoms with van der Waals surface area (Å²) in [6.07, 6.45) is 0. The van der Waals surface area contributed by atoms with Crippen LogP contribution < -0.4 is 0 Å². The Bertz CT molecular complexity index is 327. The maximum Gasteiger partial charge on any atom is 0.334 e. The minimum absolute atomic E-state index is 0.0528.